The monoisotopic (exact) mass is 360 g/mol. The maximum Gasteiger partial charge on any atom is 0.162 e. The molecule has 3 aromatic rings. The van der Waals surface area contributed by atoms with Crippen LogP contribution in [0.1, 0.15) is 16.7 Å². The van der Waals surface area contributed by atoms with E-state index < -0.39 is 0 Å². The van der Waals surface area contributed by atoms with Crippen LogP contribution >= 0.6 is 27.5 Å². The molecule has 0 aliphatic heterocycles. The summed E-state index contributed by atoms with van der Waals surface area (Å²) in [6.45, 7) is 6.15. The van der Waals surface area contributed by atoms with Gasteiger partial charge in [0.15, 0.2) is 5.82 Å². The van der Waals surface area contributed by atoms with E-state index in [4.69, 9.17) is 16.6 Å². The molecule has 0 atom stereocenters. The van der Waals surface area contributed by atoms with Crippen LogP contribution in [0, 0.1) is 20.8 Å². The molecule has 0 fully saturated rings. The van der Waals surface area contributed by atoms with Crippen molar-refractivity contribution >= 4 is 38.4 Å². The molecule has 0 bridgehead atoms. The van der Waals surface area contributed by atoms with Crippen molar-refractivity contribution in [3.63, 3.8) is 0 Å². The minimum Gasteiger partial charge on any atom is -0.227 e. The van der Waals surface area contributed by atoms with Gasteiger partial charge in [-0.3, -0.25) is 0 Å². The lowest BCUT2D eigenvalue weighted by Gasteiger charge is -2.11. The molecule has 0 saturated heterocycles. The number of benzene rings is 2. The number of hydrogen-bond donors (Lipinski definition) is 0. The molecule has 3 rings (SSSR count). The number of fused-ring (bicyclic) bond motifs is 1. The number of rotatable bonds is 1. The zero-order chi connectivity index (χ0) is 15.1. The Morgan fingerprint density at radius 3 is 2.33 bits per heavy atom. The molecule has 2 nitrogen and oxygen atoms in total. The normalized spacial score (nSPS) is 11.1. The van der Waals surface area contributed by atoms with E-state index in [2.05, 4.69) is 46.9 Å². The van der Waals surface area contributed by atoms with Crippen molar-refractivity contribution in [2.24, 2.45) is 0 Å². The molecule has 4 heteroatoms. The lowest BCUT2D eigenvalue weighted by atomic mass is 10.0. The lowest BCUT2D eigenvalue weighted by molar-refractivity contribution is 1.19. The van der Waals surface area contributed by atoms with Gasteiger partial charge >= 0.3 is 0 Å². The van der Waals surface area contributed by atoms with Crippen LogP contribution in [0.2, 0.25) is 5.15 Å². The van der Waals surface area contributed by atoms with Crippen molar-refractivity contribution in [3.8, 4) is 11.4 Å². The maximum atomic E-state index is 6.39. The Kier molecular flexibility index (Phi) is 3.72. The molecular formula is C17H14BrClN2. The van der Waals surface area contributed by atoms with Crippen molar-refractivity contribution in [2.45, 2.75) is 20.8 Å². The largest absolute Gasteiger partial charge is 0.227 e. The minimum atomic E-state index is 0.488. The molecule has 0 N–H and O–H groups in total. The molecule has 0 spiro atoms. The van der Waals surface area contributed by atoms with Crippen LogP contribution in [-0.4, -0.2) is 9.97 Å². The van der Waals surface area contributed by atoms with Gasteiger partial charge in [-0.2, -0.15) is 0 Å². The Labute approximate surface area is 137 Å². The number of halogens is 2. The van der Waals surface area contributed by atoms with E-state index in [0.717, 1.165) is 37.6 Å². The van der Waals surface area contributed by atoms with Crippen LogP contribution in [-0.2, 0) is 0 Å². The summed E-state index contributed by atoms with van der Waals surface area (Å²) in [6.07, 6.45) is 0. The van der Waals surface area contributed by atoms with Crippen molar-refractivity contribution in [1.29, 1.82) is 0 Å². The van der Waals surface area contributed by atoms with Gasteiger partial charge in [-0.15, -0.1) is 0 Å². The number of aromatic nitrogens is 2. The summed E-state index contributed by atoms with van der Waals surface area (Å²) in [4.78, 5) is 9.24. The number of nitrogens with zero attached hydrogens (tertiary/aromatic N) is 2. The van der Waals surface area contributed by atoms with E-state index in [0.29, 0.717) is 11.0 Å². The molecule has 106 valence electrons. The molecule has 1 aromatic heterocycles. The highest BCUT2D eigenvalue weighted by atomic mass is 79.9. The second-order valence-electron chi connectivity index (χ2n) is 5.25. The minimum absolute atomic E-state index is 0.488. The van der Waals surface area contributed by atoms with Gasteiger partial charge in [-0.05, 0) is 65.5 Å². The summed E-state index contributed by atoms with van der Waals surface area (Å²) in [5.41, 5.74) is 5.31. The zero-order valence-electron chi connectivity index (χ0n) is 12.0. The van der Waals surface area contributed by atoms with E-state index >= 15 is 0 Å². The summed E-state index contributed by atoms with van der Waals surface area (Å²) >= 11 is 9.97. The first-order valence-corrected chi connectivity index (χ1v) is 7.84. The second-order valence-corrected chi connectivity index (χ2v) is 6.46. The summed E-state index contributed by atoms with van der Waals surface area (Å²) in [5.74, 6) is 0.674. The van der Waals surface area contributed by atoms with Gasteiger partial charge in [-0.1, -0.05) is 29.8 Å². The molecule has 0 unspecified atom stereocenters. The Morgan fingerprint density at radius 2 is 1.67 bits per heavy atom. The predicted octanol–water partition coefficient (Wildman–Crippen LogP) is 5.64. The molecule has 0 aliphatic carbocycles. The highest BCUT2D eigenvalue weighted by molar-refractivity contribution is 9.10. The van der Waals surface area contributed by atoms with E-state index in [1.54, 1.807) is 0 Å². The zero-order valence-corrected chi connectivity index (χ0v) is 14.4. The summed E-state index contributed by atoms with van der Waals surface area (Å²) in [6, 6.07) is 10.2. The van der Waals surface area contributed by atoms with E-state index in [9.17, 15) is 0 Å². The van der Waals surface area contributed by atoms with E-state index in [1.165, 1.54) is 0 Å². The molecule has 2 aromatic carbocycles. The summed E-state index contributed by atoms with van der Waals surface area (Å²) in [7, 11) is 0. The Balaban J connectivity index is 2.36. The smallest absolute Gasteiger partial charge is 0.162 e. The first-order valence-electron chi connectivity index (χ1n) is 6.67. The lowest BCUT2D eigenvalue weighted by Crippen LogP contribution is -1.97. The number of aryl methyl sites for hydroxylation is 3. The molecule has 0 radical (unpaired) electrons. The van der Waals surface area contributed by atoms with Gasteiger partial charge in [0.05, 0.1) is 5.52 Å². The Hall–Kier alpha value is -1.45. The van der Waals surface area contributed by atoms with Gasteiger partial charge in [0.1, 0.15) is 5.15 Å². The van der Waals surface area contributed by atoms with Crippen molar-refractivity contribution in [2.75, 3.05) is 0 Å². The van der Waals surface area contributed by atoms with Crippen molar-refractivity contribution in [3.05, 3.63) is 56.6 Å². The third-order valence-electron chi connectivity index (χ3n) is 3.56. The molecule has 1 heterocycles. The third-order valence-corrected chi connectivity index (χ3v) is 4.45. The van der Waals surface area contributed by atoms with Crippen LogP contribution in [0.15, 0.2) is 34.8 Å². The van der Waals surface area contributed by atoms with Gasteiger partial charge < -0.3 is 0 Å². The highest BCUT2D eigenvalue weighted by Crippen LogP contribution is 2.32. The van der Waals surface area contributed by atoms with Crippen molar-refractivity contribution in [1.82, 2.24) is 9.97 Å². The number of hydrogen-bond acceptors (Lipinski definition) is 2. The first kappa shape index (κ1) is 14.5. The summed E-state index contributed by atoms with van der Waals surface area (Å²) < 4.78 is 0.939. The molecule has 0 saturated carbocycles. The predicted molar refractivity (Wildman–Crippen MR) is 91.9 cm³/mol. The quantitative estimate of drug-likeness (QED) is 0.524. The first-order chi connectivity index (χ1) is 9.97. The SMILES string of the molecule is Cc1cc(Br)c2nc(-c3c(C)cccc3C)nc(Cl)c2c1. The van der Waals surface area contributed by atoms with Gasteiger partial charge in [0.2, 0.25) is 0 Å². The topological polar surface area (TPSA) is 25.8 Å². The second kappa shape index (κ2) is 5.39. The fraction of sp³-hybridized carbons (Fsp3) is 0.176. The standard InChI is InChI=1S/C17H14BrClN2/c1-9-7-12-15(13(18)8-9)20-17(21-16(12)19)14-10(2)5-4-6-11(14)3/h4-8H,1-3H3. The van der Waals surface area contributed by atoms with Crippen LogP contribution in [0.5, 0.6) is 0 Å². The molecule has 0 aliphatic rings. The third kappa shape index (κ3) is 2.56. The van der Waals surface area contributed by atoms with Crippen LogP contribution in [0.4, 0.5) is 0 Å². The van der Waals surface area contributed by atoms with E-state index in [1.807, 2.05) is 25.1 Å². The van der Waals surface area contributed by atoms with Gasteiger partial charge in [0.25, 0.3) is 0 Å². The molecule has 21 heavy (non-hydrogen) atoms. The molecular weight excluding hydrogens is 348 g/mol. The Morgan fingerprint density at radius 1 is 1.00 bits per heavy atom. The van der Waals surface area contributed by atoms with Crippen LogP contribution in [0.25, 0.3) is 22.3 Å². The maximum absolute atomic E-state index is 6.39. The van der Waals surface area contributed by atoms with Crippen LogP contribution in [0.3, 0.4) is 0 Å². The average molecular weight is 362 g/mol. The van der Waals surface area contributed by atoms with Crippen LogP contribution < -0.4 is 0 Å². The van der Waals surface area contributed by atoms with Gasteiger partial charge in [0, 0.05) is 15.4 Å². The average Bonchev–Trinajstić information content (AvgIpc) is 2.40. The van der Waals surface area contributed by atoms with Crippen molar-refractivity contribution < 1.29 is 0 Å². The molecule has 0 amide bonds. The highest BCUT2D eigenvalue weighted by Gasteiger charge is 2.14. The fourth-order valence-corrected chi connectivity index (χ4v) is 3.46. The van der Waals surface area contributed by atoms with E-state index in [-0.39, 0.29) is 0 Å². The summed E-state index contributed by atoms with van der Waals surface area (Å²) in [5, 5.41) is 1.36. The Bertz CT molecular complexity index is 839. The fourth-order valence-electron chi connectivity index (χ4n) is 2.57. The van der Waals surface area contributed by atoms with Gasteiger partial charge in [-0.25, -0.2) is 9.97 Å².